The number of hydrogen-bond donors (Lipinski definition) is 3. The van der Waals surface area contributed by atoms with Gasteiger partial charge in [-0.15, -0.1) is 0 Å². The Morgan fingerprint density at radius 2 is 1.78 bits per heavy atom. The summed E-state index contributed by atoms with van der Waals surface area (Å²) in [6.07, 6.45) is 6.96. The first-order chi connectivity index (χ1) is 15.1. The third-order valence-electron chi connectivity index (χ3n) is 11.4. The molecular weight excluding hydrogens is 404 g/mol. The molecule has 0 aromatic heterocycles. The smallest absolute Gasteiger partial charge is 0.171 e. The minimum absolute atomic E-state index is 0.0507. The van der Waals surface area contributed by atoms with E-state index in [-0.39, 0.29) is 28.8 Å². The van der Waals surface area contributed by atoms with E-state index in [1.165, 1.54) is 5.57 Å². The van der Waals surface area contributed by atoms with Gasteiger partial charge in [-0.1, -0.05) is 39.3 Å². The normalized spacial score (nSPS) is 61.5. The first-order valence-corrected chi connectivity index (χ1v) is 13.2. The predicted molar refractivity (Wildman–Crippen MR) is 120 cm³/mol. The maximum atomic E-state index is 11.8. The third kappa shape index (κ3) is 2.69. The number of hydrogen-bond acceptors (Lipinski definition) is 5. The Morgan fingerprint density at radius 1 is 1.00 bits per heavy atom. The Hall–Kier alpha value is -0.460. The van der Waals surface area contributed by atoms with Crippen LogP contribution in [0.25, 0.3) is 0 Å². The molecule has 4 aliphatic carbocycles. The van der Waals surface area contributed by atoms with Crippen molar-refractivity contribution < 1.29 is 24.8 Å². The van der Waals surface area contributed by atoms with Crippen molar-refractivity contribution >= 4 is 0 Å². The van der Waals surface area contributed by atoms with Gasteiger partial charge in [-0.3, -0.25) is 0 Å². The van der Waals surface area contributed by atoms with Crippen molar-refractivity contribution in [3.05, 3.63) is 11.6 Å². The molecule has 0 amide bonds. The summed E-state index contributed by atoms with van der Waals surface area (Å²) in [4.78, 5) is 0. The van der Waals surface area contributed by atoms with Crippen LogP contribution < -0.4 is 0 Å². The van der Waals surface area contributed by atoms with E-state index < -0.39 is 24.1 Å². The monoisotopic (exact) mass is 446 g/mol. The number of allylic oxidation sites excluding steroid dienone is 1. The van der Waals surface area contributed by atoms with Gasteiger partial charge in [-0.25, -0.2) is 0 Å². The highest BCUT2D eigenvalue weighted by molar-refractivity contribution is 5.28. The fraction of sp³-hybridized carbons (Fsp3) is 0.926. The van der Waals surface area contributed by atoms with E-state index in [9.17, 15) is 15.3 Å². The van der Waals surface area contributed by atoms with Crippen LogP contribution in [0.1, 0.15) is 72.6 Å². The van der Waals surface area contributed by atoms with Crippen LogP contribution in [0.2, 0.25) is 0 Å². The van der Waals surface area contributed by atoms with Crippen LogP contribution in [-0.2, 0) is 9.47 Å². The van der Waals surface area contributed by atoms with Gasteiger partial charge in [0.05, 0.1) is 31.0 Å². The van der Waals surface area contributed by atoms with Gasteiger partial charge >= 0.3 is 0 Å². The molecule has 0 bridgehead atoms. The number of ether oxygens (including phenoxy) is 2. The SMILES string of the molecule is C[C@@H]1CC[C@@]2(OC1)O[C@H]1[C@@H](O)[C@H]3[C@@H]4CC=C5C[C@@H](O)[C@H](O)C[C@]5(C)[C@H]4CC[C@]3(C)[C@H]1[C@@H]2C. The van der Waals surface area contributed by atoms with Crippen molar-refractivity contribution in [1.82, 2.24) is 0 Å². The number of aliphatic hydroxyl groups excluding tert-OH is 3. The average molecular weight is 447 g/mol. The minimum Gasteiger partial charge on any atom is -0.390 e. The summed E-state index contributed by atoms with van der Waals surface area (Å²) in [7, 11) is 0. The summed E-state index contributed by atoms with van der Waals surface area (Å²) in [5, 5.41) is 32.6. The largest absolute Gasteiger partial charge is 0.390 e. The Balaban J connectivity index is 1.32. The molecule has 0 radical (unpaired) electrons. The first-order valence-electron chi connectivity index (χ1n) is 13.2. The van der Waals surface area contributed by atoms with Crippen LogP contribution in [0.4, 0.5) is 0 Å². The molecule has 5 heteroatoms. The molecule has 5 nitrogen and oxygen atoms in total. The van der Waals surface area contributed by atoms with Crippen LogP contribution >= 0.6 is 0 Å². The van der Waals surface area contributed by atoms with E-state index in [0.717, 1.165) is 38.7 Å². The van der Waals surface area contributed by atoms with E-state index in [1.807, 2.05) is 0 Å². The molecule has 6 aliphatic rings. The highest BCUT2D eigenvalue weighted by Gasteiger charge is 2.72. The molecule has 5 fully saturated rings. The van der Waals surface area contributed by atoms with Gasteiger partial charge in [0.2, 0.25) is 0 Å². The van der Waals surface area contributed by atoms with Gasteiger partial charge in [0.15, 0.2) is 5.79 Å². The number of rotatable bonds is 0. The zero-order chi connectivity index (χ0) is 22.6. The van der Waals surface area contributed by atoms with Gasteiger partial charge in [0.1, 0.15) is 0 Å². The van der Waals surface area contributed by atoms with Gasteiger partial charge < -0.3 is 24.8 Å². The van der Waals surface area contributed by atoms with Crippen molar-refractivity contribution in [2.45, 2.75) is 103 Å². The Bertz CT molecular complexity index is 802. The molecule has 1 spiro atoms. The lowest BCUT2D eigenvalue weighted by Crippen LogP contribution is -2.55. The van der Waals surface area contributed by atoms with Crippen molar-refractivity contribution in [2.75, 3.05) is 6.61 Å². The molecule has 32 heavy (non-hydrogen) atoms. The van der Waals surface area contributed by atoms with Crippen molar-refractivity contribution in [3.8, 4) is 0 Å². The molecule has 0 aromatic carbocycles. The highest BCUT2D eigenvalue weighted by atomic mass is 16.7. The summed E-state index contributed by atoms with van der Waals surface area (Å²) >= 11 is 0. The second-order valence-corrected chi connectivity index (χ2v) is 12.9. The van der Waals surface area contributed by atoms with E-state index in [4.69, 9.17) is 9.47 Å². The molecular formula is C27H42O5. The van der Waals surface area contributed by atoms with Gasteiger partial charge in [0, 0.05) is 18.3 Å². The second kappa shape index (κ2) is 7.04. The third-order valence-corrected chi connectivity index (χ3v) is 11.4. The topological polar surface area (TPSA) is 79.2 Å². The molecule has 0 unspecified atom stereocenters. The maximum absolute atomic E-state index is 11.8. The summed E-state index contributed by atoms with van der Waals surface area (Å²) in [6.45, 7) is 10.0. The van der Waals surface area contributed by atoms with Crippen LogP contribution in [-0.4, -0.2) is 52.1 Å². The van der Waals surface area contributed by atoms with E-state index in [1.54, 1.807) is 0 Å². The molecule has 180 valence electrons. The van der Waals surface area contributed by atoms with Crippen LogP contribution in [0.3, 0.4) is 0 Å². The van der Waals surface area contributed by atoms with Gasteiger partial charge in [-0.05, 0) is 73.0 Å². The van der Waals surface area contributed by atoms with Crippen LogP contribution in [0.15, 0.2) is 11.6 Å². The average Bonchev–Trinajstić information content (AvgIpc) is 3.15. The zero-order valence-corrected chi connectivity index (χ0v) is 20.2. The van der Waals surface area contributed by atoms with Gasteiger partial charge in [0.25, 0.3) is 0 Å². The zero-order valence-electron chi connectivity index (χ0n) is 20.2. The van der Waals surface area contributed by atoms with Gasteiger partial charge in [-0.2, -0.15) is 0 Å². The first kappa shape index (κ1) is 22.0. The lowest BCUT2D eigenvalue weighted by Gasteiger charge is -2.59. The molecule has 3 N–H and O–H groups in total. The van der Waals surface area contributed by atoms with E-state index in [0.29, 0.717) is 36.5 Å². The number of aliphatic hydroxyl groups is 3. The second-order valence-electron chi connectivity index (χ2n) is 12.9. The summed E-state index contributed by atoms with van der Waals surface area (Å²) < 4.78 is 13.1. The van der Waals surface area contributed by atoms with Crippen LogP contribution in [0.5, 0.6) is 0 Å². The summed E-state index contributed by atoms with van der Waals surface area (Å²) in [6, 6.07) is 0. The fourth-order valence-corrected chi connectivity index (χ4v) is 9.74. The molecule has 3 saturated carbocycles. The Kier molecular flexibility index (Phi) is 4.84. The molecule has 6 rings (SSSR count). The van der Waals surface area contributed by atoms with Crippen molar-refractivity contribution in [1.29, 1.82) is 0 Å². The quantitative estimate of drug-likeness (QED) is 0.495. The molecule has 2 heterocycles. The molecule has 0 aromatic rings. The molecule has 2 aliphatic heterocycles. The Morgan fingerprint density at radius 3 is 2.50 bits per heavy atom. The summed E-state index contributed by atoms with van der Waals surface area (Å²) in [5.74, 6) is 1.76. The maximum Gasteiger partial charge on any atom is 0.171 e. The van der Waals surface area contributed by atoms with Crippen molar-refractivity contribution in [3.63, 3.8) is 0 Å². The minimum atomic E-state index is -0.647. The van der Waals surface area contributed by atoms with Crippen LogP contribution in [0, 0.1) is 46.3 Å². The highest BCUT2D eigenvalue weighted by Crippen LogP contribution is 2.70. The fourth-order valence-electron chi connectivity index (χ4n) is 9.74. The Labute approximate surface area is 192 Å². The molecule has 2 saturated heterocycles. The standard InChI is InChI=1S/C27H42O5/c1-14-7-10-27(31-13-14)15(2)21-24(32-27)23(30)22-17-6-5-16-11-19(28)20(29)12-26(16,4)18(17)8-9-25(21,22)3/h5,14-15,17-24,28-30H,6-13H2,1-4H3/t14-,15+,17-,18+,19-,20-,21+,22-,23+,24-,25-,26+,27-/m1/s1. The predicted octanol–water partition coefficient (Wildman–Crippen LogP) is 3.66. The number of fused-ring (bicyclic) bond motifs is 7. The lowest BCUT2D eigenvalue weighted by atomic mass is 9.46. The van der Waals surface area contributed by atoms with E-state index >= 15 is 0 Å². The van der Waals surface area contributed by atoms with Crippen molar-refractivity contribution in [2.24, 2.45) is 46.3 Å². The lowest BCUT2D eigenvalue weighted by molar-refractivity contribution is -0.281. The molecule has 13 atom stereocenters. The van der Waals surface area contributed by atoms with E-state index in [2.05, 4.69) is 33.8 Å². The summed E-state index contributed by atoms with van der Waals surface area (Å²) in [5.41, 5.74) is 1.31.